The van der Waals surface area contributed by atoms with E-state index in [1.165, 1.54) is 12.3 Å². The lowest BCUT2D eigenvalue weighted by Gasteiger charge is -2.18. The monoisotopic (exact) mass is 253 g/mol. The summed E-state index contributed by atoms with van der Waals surface area (Å²) in [5, 5.41) is 14.7. The van der Waals surface area contributed by atoms with Crippen molar-refractivity contribution >= 4 is 29.1 Å². The average Bonchev–Trinajstić information content (AvgIpc) is 2.20. The van der Waals surface area contributed by atoms with Gasteiger partial charge >= 0.3 is 0 Å². The minimum atomic E-state index is -0.530. The lowest BCUT2D eigenvalue weighted by molar-refractivity contribution is -0.126. The summed E-state index contributed by atoms with van der Waals surface area (Å²) in [5.41, 5.74) is -0.530. The molecule has 5 nitrogen and oxygen atoms in total. The maximum absolute atomic E-state index is 11.6. The first-order valence-corrected chi connectivity index (χ1v) is 5.48. The Morgan fingerprint density at radius 3 is 2.65 bits per heavy atom. The average molecular weight is 253 g/mol. The number of anilines is 1. The molecule has 0 aliphatic heterocycles. The highest BCUT2D eigenvalue weighted by Crippen LogP contribution is 2.18. The zero-order chi connectivity index (χ0) is 13.1. The van der Waals surface area contributed by atoms with Gasteiger partial charge in [0.2, 0.25) is 5.91 Å². The summed E-state index contributed by atoms with van der Waals surface area (Å²) in [6.07, 6.45) is 1.51. The fourth-order valence-electron chi connectivity index (χ4n) is 0.923. The predicted molar refractivity (Wildman–Crippen MR) is 69.7 cm³/mol. The first-order chi connectivity index (χ1) is 7.80. The Balaban J connectivity index is 2.63. The van der Waals surface area contributed by atoms with E-state index in [2.05, 4.69) is 15.6 Å². The van der Waals surface area contributed by atoms with Gasteiger partial charge in [-0.25, -0.2) is 4.98 Å². The minimum Gasteiger partial charge on any atom is -0.504 e. The third-order valence-electron chi connectivity index (χ3n) is 1.93. The van der Waals surface area contributed by atoms with Gasteiger partial charge in [0.05, 0.1) is 0 Å². The van der Waals surface area contributed by atoms with Crippen LogP contribution in [0.1, 0.15) is 20.8 Å². The van der Waals surface area contributed by atoms with Crippen LogP contribution in [0, 0.1) is 5.41 Å². The van der Waals surface area contributed by atoms with Crippen molar-refractivity contribution in [1.29, 1.82) is 0 Å². The molecule has 0 aliphatic carbocycles. The Morgan fingerprint density at radius 2 is 2.12 bits per heavy atom. The van der Waals surface area contributed by atoms with Crippen molar-refractivity contribution in [1.82, 2.24) is 10.3 Å². The standard InChI is InChI=1S/C11H15N3O2S/c1-11(2,3)9(16)14-10(17)13-8-7(15)5-4-6-12-8/h4-6,15H,1-3H3,(H2,12,13,14,16,17). The Labute approximate surface area is 105 Å². The van der Waals surface area contributed by atoms with Gasteiger partial charge < -0.3 is 15.7 Å². The van der Waals surface area contributed by atoms with Crippen molar-refractivity contribution in [2.75, 3.05) is 5.32 Å². The first kappa shape index (κ1) is 13.4. The Morgan fingerprint density at radius 1 is 1.47 bits per heavy atom. The first-order valence-electron chi connectivity index (χ1n) is 5.07. The van der Waals surface area contributed by atoms with E-state index in [0.29, 0.717) is 0 Å². The molecule has 0 aromatic carbocycles. The largest absolute Gasteiger partial charge is 0.504 e. The van der Waals surface area contributed by atoms with Gasteiger partial charge in [-0.2, -0.15) is 0 Å². The predicted octanol–water partition coefficient (Wildman–Crippen LogP) is 1.65. The topological polar surface area (TPSA) is 74.2 Å². The normalized spacial score (nSPS) is 10.8. The van der Waals surface area contributed by atoms with Crippen LogP contribution in [0.4, 0.5) is 5.82 Å². The van der Waals surface area contributed by atoms with Crippen molar-refractivity contribution < 1.29 is 9.90 Å². The maximum Gasteiger partial charge on any atom is 0.231 e. The smallest absolute Gasteiger partial charge is 0.231 e. The maximum atomic E-state index is 11.6. The molecular formula is C11H15N3O2S. The third kappa shape index (κ3) is 3.99. The number of pyridine rings is 1. The zero-order valence-electron chi connectivity index (χ0n) is 9.94. The van der Waals surface area contributed by atoms with Gasteiger partial charge in [-0.3, -0.25) is 4.79 Å². The van der Waals surface area contributed by atoms with Crippen LogP contribution in [0.5, 0.6) is 5.75 Å². The summed E-state index contributed by atoms with van der Waals surface area (Å²) in [6, 6.07) is 3.07. The van der Waals surface area contributed by atoms with Crippen LogP contribution in [0.25, 0.3) is 0 Å². The quantitative estimate of drug-likeness (QED) is 0.664. The number of thiocarbonyl (C=S) groups is 1. The number of aromatic nitrogens is 1. The molecule has 0 bridgehead atoms. The molecule has 0 spiro atoms. The van der Waals surface area contributed by atoms with Crippen LogP contribution in [0.2, 0.25) is 0 Å². The molecule has 0 atom stereocenters. The Bertz CT molecular complexity index is 441. The van der Waals surface area contributed by atoms with E-state index in [1.54, 1.807) is 26.8 Å². The molecule has 6 heteroatoms. The van der Waals surface area contributed by atoms with Crippen LogP contribution < -0.4 is 10.6 Å². The van der Waals surface area contributed by atoms with E-state index < -0.39 is 5.41 Å². The number of aromatic hydroxyl groups is 1. The fourth-order valence-corrected chi connectivity index (χ4v) is 1.11. The zero-order valence-corrected chi connectivity index (χ0v) is 10.8. The van der Waals surface area contributed by atoms with Crippen LogP contribution in [0.15, 0.2) is 18.3 Å². The highest BCUT2D eigenvalue weighted by Gasteiger charge is 2.22. The summed E-state index contributed by atoms with van der Waals surface area (Å²) < 4.78 is 0. The molecule has 3 N–H and O–H groups in total. The lowest BCUT2D eigenvalue weighted by atomic mass is 9.96. The fraction of sp³-hybridized carbons (Fsp3) is 0.364. The van der Waals surface area contributed by atoms with Crippen molar-refractivity contribution in [2.45, 2.75) is 20.8 Å². The van der Waals surface area contributed by atoms with E-state index in [9.17, 15) is 9.90 Å². The molecule has 0 radical (unpaired) electrons. The Kier molecular flexibility index (Phi) is 4.01. The van der Waals surface area contributed by atoms with E-state index in [0.717, 1.165) is 0 Å². The summed E-state index contributed by atoms with van der Waals surface area (Å²) in [7, 11) is 0. The number of nitrogens with one attached hydrogen (secondary N) is 2. The number of carbonyl (C=O) groups excluding carboxylic acids is 1. The molecule has 1 amide bonds. The highest BCUT2D eigenvalue weighted by molar-refractivity contribution is 7.80. The Hall–Kier alpha value is -1.69. The number of hydrogen-bond donors (Lipinski definition) is 3. The highest BCUT2D eigenvalue weighted by atomic mass is 32.1. The second kappa shape index (κ2) is 5.09. The number of hydrogen-bond acceptors (Lipinski definition) is 4. The number of amides is 1. The van der Waals surface area contributed by atoms with Crippen LogP contribution in [-0.4, -0.2) is 21.1 Å². The molecule has 1 heterocycles. The number of rotatable bonds is 1. The second-order valence-corrected chi connectivity index (χ2v) is 4.94. The van der Waals surface area contributed by atoms with Crippen LogP contribution >= 0.6 is 12.2 Å². The molecule has 0 fully saturated rings. The van der Waals surface area contributed by atoms with E-state index in [-0.39, 0.29) is 22.6 Å². The summed E-state index contributed by atoms with van der Waals surface area (Å²) in [5.74, 6) is -0.0167. The molecule has 17 heavy (non-hydrogen) atoms. The van der Waals surface area contributed by atoms with Gasteiger partial charge in [-0.05, 0) is 24.4 Å². The number of nitrogens with zero attached hydrogens (tertiary/aromatic N) is 1. The number of carbonyl (C=O) groups is 1. The lowest BCUT2D eigenvalue weighted by Crippen LogP contribution is -2.41. The molecule has 0 saturated heterocycles. The SMILES string of the molecule is CC(C)(C)C(=O)NC(=S)Nc1ncccc1O. The third-order valence-corrected chi connectivity index (χ3v) is 2.13. The molecule has 0 aliphatic rings. The molecule has 1 aromatic rings. The molecule has 92 valence electrons. The molecule has 0 saturated carbocycles. The van der Waals surface area contributed by atoms with Gasteiger partial charge in [-0.1, -0.05) is 20.8 Å². The van der Waals surface area contributed by atoms with Crippen LogP contribution in [0.3, 0.4) is 0 Å². The molecule has 0 unspecified atom stereocenters. The van der Waals surface area contributed by atoms with Crippen LogP contribution in [-0.2, 0) is 4.79 Å². The van der Waals surface area contributed by atoms with Crippen molar-refractivity contribution in [2.24, 2.45) is 5.41 Å². The van der Waals surface area contributed by atoms with Gasteiger partial charge in [0, 0.05) is 11.6 Å². The van der Waals surface area contributed by atoms with E-state index in [4.69, 9.17) is 12.2 Å². The van der Waals surface area contributed by atoms with Gasteiger partial charge in [0.25, 0.3) is 0 Å². The van der Waals surface area contributed by atoms with Gasteiger partial charge in [0.1, 0.15) is 0 Å². The van der Waals surface area contributed by atoms with Crippen molar-refractivity contribution in [3.63, 3.8) is 0 Å². The molecule has 1 aromatic heterocycles. The van der Waals surface area contributed by atoms with Crippen molar-refractivity contribution in [3.05, 3.63) is 18.3 Å². The summed E-state index contributed by atoms with van der Waals surface area (Å²) in [4.78, 5) is 15.5. The van der Waals surface area contributed by atoms with E-state index in [1.807, 2.05) is 0 Å². The molecule has 1 rings (SSSR count). The van der Waals surface area contributed by atoms with Crippen molar-refractivity contribution in [3.8, 4) is 5.75 Å². The summed E-state index contributed by atoms with van der Waals surface area (Å²) >= 11 is 4.95. The van der Waals surface area contributed by atoms with E-state index >= 15 is 0 Å². The minimum absolute atomic E-state index is 0.0279. The van der Waals surface area contributed by atoms with Gasteiger partial charge in [0.15, 0.2) is 16.7 Å². The van der Waals surface area contributed by atoms with Gasteiger partial charge in [-0.15, -0.1) is 0 Å². The second-order valence-electron chi connectivity index (χ2n) is 4.53. The molecular weight excluding hydrogens is 238 g/mol. The summed E-state index contributed by atoms with van der Waals surface area (Å²) in [6.45, 7) is 5.34.